The molecule has 0 spiro atoms. The fourth-order valence-electron chi connectivity index (χ4n) is 2.01. The summed E-state index contributed by atoms with van der Waals surface area (Å²) >= 11 is 0. The van der Waals surface area contributed by atoms with Gasteiger partial charge in [0.1, 0.15) is 0 Å². The van der Waals surface area contributed by atoms with Crippen molar-refractivity contribution in [1.82, 2.24) is 5.01 Å². The molecule has 0 aromatic rings. The van der Waals surface area contributed by atoms with Gasteiger partial charge < -0.3 is 0 Å². The van der Waals surface area contributed by atoms with Crippen LogP contribution in [-0.2, 0) is 0 Å². The van der Waals surface area contributed by atoms with Crippen molar-refractivity contribution in [1.29, 1.82) is 0 Å². The zero-order valence-electron chi connectivity index (χ0n) is 10.1. The number of nitroso groups, excluding NO2 is 1. The highest BCUT2D eigenvalue weighted by atomic mass is 16.3. The molecule has 15 heavy (non-hydrogen) atoms. The van der Waals surface area contributed by atoms with Crippen LogP contribution in [0.4, 0.5) is 0 Å². The number of hydrogen-bond acceptors (Lipinski definition) is 2. The van der Waals surface area contributed by atoms with Crippen LogP contribution in [0.3, 0.4) is 0 Å². The summed E-state index contributed by atoms with van der Waals surface area (Å²) in [5.74, 6) is 0. The SMILES string of the molecule is C=C(N(N=O)C1CCCCC1)C(C)(C)C. The van der Waals surface area contributed by atoms with Gasteiger partial charge in [-0.1, -0.05) is 46.6 Å². The zero-order chi connectivity index (χ0) is 11.5. The Bertz CT molecular complexity index is 236. The lowest BCUT2D eigenvalue weighted by Crippen LogP contribution is -2.35. The van der Waals surface area contributed by atoms with Gasteiger partial charge in [-0.05, 0) is 12.8 Å². The highest BCUT2D eigenvalue weighted by Crippen LogP contribution is 2.32. The Balaban J connectivity index is 2.69. The van der Waals surface area contributed by atoms with Gasteiger partial charge in [0.05, 0.1) is 11.3 Å². The van der Waals surface area contributed by atoms with Crippen LogP contribution < -0.4 is 0 Å². The van der Waals surface area contributed by atoms with Crippen molar-refractivity contribution in [3.63, 3.8) is 0 Å². The molecular formula is C12H22N2O. The standard InChI is InChI=1S/C12H22N2O/c1-10(12(2,3)4)14(13-15)11-8-6-5-7-9-11/h11H,1,5-9H2,2-4H3. The van der Waals surface area contributed by atoms with Crippen LogP contribution in [0.25, 0.3) is 0 Å². The van der Waals surface area contributed by atoms with Crippen molar-refractivity contribution in [3.8, 4) is 0 Å². The smallest absolute Gasteiger partial charge is 0.0573 e. The molecule has 1 fully saturated rings. The highest BCUT2D eigenvalue weighted by Gasteiger charge is 2.28. The average molecular weight is 210 g/mol. The molecule has 0 amide bonds. The Morgan fingerprint density at radius 3 is 2.20 bits per heavy atom. The molecule has 0 N–H and O–H groups in total. The maximum atomic E-state index is 10.9. The van der Waals surface area contributed by atoms with Gasteiger partial charge in [-0.2, -0.15) is 0 Å². The summed E-state index contributed by atoms with van der Waals surface area (Å²) in [6, 6.07) is 0.281. The normalized spacial score (nSPS) is 18.6. The van der Waals surface area contributed by atoms with Gasteiger partial charge in [-0.15, -0.1) is 4.91 Å². The molecule has 1 aliphatic carbocycles. The molecule has 0 bridgehead atoms. The van der Waals surface area contributed by atoms with E-state index in [1.807, 2.05) is 0 Å². The topological polar surface area (TPSA) is 32.7 Å². The first-order valence-corrected chi connectivity index (χ1v) is 5.78. The van der Waals surface area contributed by atoms with E-state index in [9.17, 15) is 4.91 Å². The predicted molar refractivity (Wildman–Crippen MR) is 63.1 cm³/mol. The summed E-state index contributed by atoms with van der Waals surface area (Å²) in [6.07, 6.45) is 5.83. The quantitative estimate of drug-likeness (QED) is 0.523. The molecule has 1 aliphatic rings. The molecule has 0 unspecified atom stereocenters. The maximum Gasteiger partial charge on any atom is 0.0573 e. The van der Waals surface area contributed by atoms with Crippen LogP contribution >= 0.6 is 0 Å². The molecule has 0 radical (unpaired) electrons. The molecule has 0 aromatic carbocycles. The largest absolute Gasteiger partial charge is 0.230 e. The van der Waals surface area contributed by atoms with Crippen molar-refractivity contribution in [2.45, 2.75) is 58.9 Å². The van der Waals surface area contributed by atoms with Gasteiger partial charge >= 0.3 is 0 Å². The summed E-state index contributed by atoms with van der Waals surface area (Å²) in [5, 5.41) is 4.77. The Kier molecular flexibility index (Phi) is 3.89. The van der Waals surface area contributed by atoms with Crippen molar-refractivity contribution < 1.29 is 0 Å². The maximum absolute atomic E-state index is 10.9. The fourth-order valence-corrected chi connectivity index (χ4v) is 2.01. The fraction of sp³-hybridized carbons (Fsp3) is 0.833. The van der Waals surface area contributed by atoms with E-state index in [0.717, 1.165) is 18.5 Å². The van der Waals surface area contributed by atoms with Crippen LogP contribution in [0.1, 0.15) is 52.9 Å². The summed E-state index contributed by atoms with van der Waals surface area (Å²) in [7, 11) is 0. The van der Waals surface area contributed by atoms with E-state index < -0.39 is 0 Å². The summed E-state index contributed by atoms with van der Waals surface area (Å²) in [5.41, 5.74) is 0.759. The van der Waals surface area contributed by atoms with Gasteiger partial charge in [0, 0.05) is 11.1 Å². The van der Waals surface area contributed by atoms with E-state index in [2.05, 4.69) is 32.6 Å². The third-order valence-electron chi connectivity index (χ3n) is 3.15. The molecule has 0 saturated heterocycles. The van der Waals surface area contributed by atoms with Crippen molar-refractivity contribution >= 4 is 0 Å². The molecule has 0 atom stereocenters. The second kappa shape index (κ2) is 4.77. The van der Waals surface area contributed by atoms with Crippen LogP contribution in [-0.4, -0.2) is 11.1 Å². The first-order chi connectivity index (χ1) is 6.96. The van der Waals surface area contributed by atoms with E-state index in [1.165, 1.54) is 19.3 Å². The summed E-state index contributed by atoms with van der Waals surface area (Å²) < 4.78 is 0. The third kappa shape index (κ3) is 3.05. The van der Waals surface area contributed by atoms with E-state index in [1.54, 1.807) is 5.01 Å². The Morgan fingerprint density at radius 2 is 1.80 bits per heavy atom. The van der Waals surface area contributed by atoms with E-state index in [0.29, 0.717) is 0 Å². The number of nitrogens with zero attached hydrogens (tertiary/aromatic N) is 2. The molecule has 1 rings (SSSR count). The number of hydrogen-bond donors (Lipinski definition) is 0. The average Bonchev–Trinajstić information content (AvgIpc) is 2.19. The first kappa shape index (κ1) is 12.2. The van der Waals surface area contributed by atoms with Gasteiger partial charge in [0.15, 0.2) is 0 Å². The minimum atomic E-state index is -0.0780. The lowest BCUT2D eigenvalue weighted by molar-refractivity contribution is 0.169. The first-order valence-electron chi connectivity index (χ1n) is 5.78. The highest BCUT2D eigenvalue weighted by molar-refractivity contribution is 5.05. The van der Waals surface area contributed by atoms with Gasteiger partial charge in [0.25, 0.3) is 0 Å². The minimum Gasteiger partial charge on any atom is -0.230 e. The molecule has 0 heterocycles. The number of allylic oxidation sites excluding steroid dienone is 1. The minimum absolute atomic E-state index is 0.0780. The second-order valence-corrected chi connectivity index (χ2v) is 5.41. The second-order valence-electron chi connectivity index (χ2n) is 5.41. The molecule has 3 heteroatoms. The van der Waals surface area contributed by atoms with Crippen LogP contribution in [0, 0.1) is 10.3 Å². The van der Waals surface area contributed by atoms with Crippen molar-refractivity contribution in [2.24, 2.45) is 10.7 Å². The lowest BCUT2D eigenvalue weighted by atomic mass is 9.89. The lowest BCUT2D eigenvalue weighted by Gasteiger charge is -2.35. The monoisotopic (exact) mass is 210 g/mol. The Morgan fingerprint density at radius 1 is 1.27 bits per heavy atom. The van der Waals surface area contributed by atoms with Crippen molar-refractivity contribution in [3.05, 3.63) is 17.2 Å². The number of rotatable bonds is 3. The third-order valence-corrected chi connectivity index (χ3v) is 3.15. The molecular weight excluding hydrogens is 188 g/mol. The molecule has 0 aliphatic heterocycles. The Labute approximate surface area is 92.5 Å². The molecule has 86 valence electrons. The molecule has 0 aromatic heterocycles. The van der Waals surface area contributed by atoms with Crippen LogP contribution in [0.5, 0.6) is 0 Å². The van der Waals surface area contributed by atoms with E-state index in [4.69, 9.17) is 0 Å². The van der Waals surface area contributed by atoms with Crippen LogP contribution in [0.2, 0.25) is 0 Å². The predicted octanol–water partition coefficient (Wildman–Crippen LogP) is 3.86. The molecule has 1 saturated carbocycles. The van der Waals surface area contributed by atoms with Crippen molar-refractivity contribution in [2.75, 3.05) is 0 Å². The molecule has 3 nitrogen and oxygen atoms in total. The Hall–Kier alpha value is -0.860. The van der Waals surface area contributed by atoms with Crippen LogP contribution in [0.15, 0.2) is 17.6 Å². The zero-order valence-corrected chi connectivity index (χ0v) is 10.1. The summed E-state index contributed by atoms with van der Waals surface area (Å²) in [6.45, 7) is 10.2. The van der Waals surface area contributed by atoms with E-state index in [-0.39, 0.29) is 11.5 Å². The van der Waals surface area contributed by atoms with Gasteiger partial charge in [-0.3, -0.25) is 0 Å². The summed E-state index contributed by atoms with van der Waals surface area (Å²) in [4.78, 5) is 10.9. The van der Waals surface area contributed by atoms with Gasteiger partial charge in [0.2, 0.25) is 0 Å². The van der Waals surface area contributed by atoms with E-state index >= 15 is 0 Å². The van der Waals surface area contributed by atoms with Gasteiger partial charge in [-0.25, -0.2) is 5.01 Å².